The summed E-state index contributed by atoms with van der Waals surface area (Å²) in [5.41, 5.74) is 0.467. The van der Waals surface area contributed by atoms with Gasteiger partial charge in [-0.1, -0.05) is 0 Å². The SMILES string of the molecule is CC(=O)Nc1cc2c(cn1)c(C1CC1)cn2-c1ccnc(C(C)(C)F)n1. The number of carbonyl (C=O) groups is 1. The van der Waals surface area contributed by atoms with Crippen molar-refractivity contribution < 1.29 is 9.18 Å². The molecule has 1 saturated carbocycles. The van der Waals surface area contributed by atoms with Crippen LogP contribution in [0.4, 0.5) is 10.2 Å². The van der Waals surface area contributed by atoms with Crippen LogP contribution >= 0.6 is 0 Å². The average Bonchev–Trinajstić information content (AvgIpc) is 3.35. The van der Waals surface area contributed by atoms with Crippen molar-refractivity contribution in [2.75, 3.05) is 5.32 Å². The summed E-state index contributed by atoms with van der Waals surface area (Å²) in [4.78, 5) is 24.2. The highest BCUT2D eigenvalue weighted by molar-refractivity contribution is 5.92. The van der Waals surface area contributed by atoms with Crippen LogP contribution in [0, 0.1) is 0 Å². The molecule has 3 aromatic rings. The van der Waals surface area contributed by atoms with Crippen LogP contribution in [0.1, 0.15) is 50.9 Å². The lowest BCUT2D eigenvalue weighted by Crippen LogP contribution is -2.15. The normalized spacial score (nSPS) is 14.6. The van der Waals surface area contributed by atoms with Gasteiger partial charge in [0.25, 0.3) is 0 Å². The molecule has 1 amide bonds. The molecule has 0 atom stereocenters. The Balaban J connectivity index is 1.89. The van der Waals surface area contributed by atoms with Gasteiger partial charge < -0.3 is 9.88 Å². The van der Waals surface area contributed by atoms with Crippen molar-refractivity contribution in [2.45, 2.75) is 45.2 Å². The van der Waals surface area contributed by atoms with Gasteiger partial charge in [0.2, 0.25) is 5.91 Å². The minimum atomic E-state index is -1.62. The van der Waals surface area contributed by atoms with Crippen LogP contribution in [0.5, 0.6) is 0 Å². The second-order valence-corrected chi connectivity index (χ2v) is 7.21. The van der Waals surface area contributed by atoms with Gasteiger partial charge in [0.1, 0.15) is 11.6 Å². The van der Waals surface area contributed by atoms with E-state index in [1.54, 1.807) is 18.5 Å². The van der Waals surface area contributed by atoms with E-state index in [4.69, 9.17) is 0 Å². The molecule has 7 heteroatoms. The number of carbonyl (C=O) groups excluding carboxylic acids is 1. The number of aromatic nitrogens is 4. The van der Waals surface area contributed by atoms with Crippen molar-refractivity contribution in [3.8, 4) is 5.82 Å². The molecule has 0 bridgehead atoms. The van der Waals surface area contributed by atoms with E-state index in [-0.39, 0.29) is 11.7 Å². The van der Waals surface area contributed by atoms with Crippen LogP contribution in [-0.4, -0.2) is 25.4 Å². The van der Waals surface area contributed by atoms with Gasteiger partial charge in [-0.3, -0.25) is 4.79 Å². The lowest BCUT2D eigenvalue weighted by atomic mass is 10.1. The minimum absolute atomic E-state index is 0.140. The number of anilines is 1. The predicted molar refractivity (Wildman–Crippen MR) is 97.1 cm³/mol. The van der Waals surface area contributed by atoms with Crippen molar-refractivity contribution in [1.82, 2.24) is 19.5 Å². The summed E-state index contributed by atoms with van der Waals surface area (Å²) in [6, 6.07) is 3.58. The Morgan fingerprint density at radius 1 is 1.35 bits per heavy atom. The third kappa shape index (κ3) is 3.05. The number of fused-ring (bicyclic) bond motifs is 1. The molecule has 26 heavy (non-hydrogen) atoms. The Morgan fingerprint density at radius 3 is 2.77 bits per heavy atom. The number of hydrogen-bond donors (Lipinski definition) is 1. The lowest BCUT2D eigenvalue weighted by Gasteiger charge is -2.13. The Kier molecular flexibility index (Phi) is 3.75. The molecule has 3 aromatic heterocycles. The van der Waals surface area contributed by atoms with E-state index in [1.165, 1.54) is 26.3 Å². The number of amides is 1. The molecular weight excluding hydrogens is 333 g/mol. The standard InChI is InChI=1S/C19H20FN5O/c1-11(26)23-16-8-15-13(9-22-16)14(12-4-5-12)10-25(15)17-6-7-21-18(24-17)19(2,3)20/h6-10,12H,4-5H2,1-3H3,(H,22,23,26). The van der Waals surface area contributed by atoms with Gasteiger partial charge >= 0.3 is 0 Å². The van der Waals surface area contributed by atoms with E-state index >= 15 is 0 Å². The fraction of sp³-hybridized carbons (Fsp3) is 0.368. The summed E-state index contributed by atoms with van der Waals surface area (Å²) in [6.07, 6.45) is 7.70. The number of nitrogens with one attached hydrogen (secondary N) is 1. The molecule has 0 radical (unpaired) electrons. The van der Waals surface area contributed by atoms with E-state index in [2.05, 4.69) is 20.3 Å². The van der Waals surface area contributed by atoms with E-state index in [1.807, 2.05) is 16.8 Å². The zero-order valence-electron chi connectivity index (χ0n) is 15.0. The van der Waals surface area contributed by atoms with Crippen LogP contribution in [0.3, 0.4) is 0 Å². The van der Waals surface area contributed by atoms with Crippen LogP contribution in [-0.2, 0) is 10.5 Å². The second kappa shape index (κ2) is 5.86. The number of rotatable bonds is 4. The molecule has 1 aliphatic rings. The van der Waals surface area contributed by atoms with E-state index in [0.717, 1.165) is 23.7 Å². The summed E-state index contributed by atoms with van der Waals surface area (Å²) in [7, 11) is 0. The summed E-state index contributed by atoms with van der Waals surface area (Å²) in [6.45, 7) is 4.32. The molecule has 1 aliphatic carbocycles. The van der Waals surface area contributed by atoms with Crippen molar-refractivity contribution >= 4 is 22.6 Å². The highest BCUT2D eigenvalue weighted by Gasteiger charge is 2.28. The summed E-state index contributed by atoms with van der Waals surface area (Å²) in [5, 5.41) is 3.74. The van der Waals surface area contributed by atoms with Crippen LogP contribution in [0.15, 0.2) is 30.7 Å². The van der Waals surface area contributed by atoms with Crippen LogP contribution in [0.25, 0.3) is 16.7 Å². The van der Waals surface area contributed by atoms with Crippen molar-refractivity contribution in [3.63, 3.8) is 0 Å². The summed E-state index contributed by atoms with van der Waals surface area (Å²) in [5.74, 6) is 1.55. The first-order chi connectivity index (χ1) is 12.3. The number of alkyl halides is 1. The first kappa shape index (κ1) is 16.6. The quantitative estimate of drug-likeness (QED) is 0.773. The molecule has 0 aliphatic heterocycles. The average molecular weight is 353 g/mol. The predicted octanol–water partition coefficient (Wildman–Crippen LogP) is 3.86. The maximum absolute atomic E-state index is 14.3. The van der Waals surface area contributed by atoms with Crippen molar-refractivity contribution in [2.24, 2.45) is 0 Å². The summed E-state index contributed by atoms with van der Waals surface area (Å²) < 4.78 is 16.2. The van der Waals surface area contributed by atoms with Crippen molar-refractivity contribution in [3.05, 3.63) is 42.1 Å². The Morgan fingerprint density at radius 2 is 2.12 bits per heavy atom. The highest BCUT2D eigenvalue weighted by Crippen LogP contribution is 2.44. The Hall–Kier alpha value is -2.83. The Bertz CT molecular complexity index is 1000. The topological polar surface area (TPSA) is 72.7 Å². The molecule has 0 saturated heterocycles. The van der Waals surface area contributed by atoms with Gasteiger partial charge in [-0.25, -0.2) is 19.3 Å². The maximum atomic E-state index is 14.3. The third-order valence-corrected chi connectivity index (χ3v) is 4.46. The first-order valence-corrected chi connectivity index (χ1v) is 8.64. The fourth-order valence-electron chi connectivity index (χ4n) is 3.07. The molecule has 3 heterocycles. The molecule has 1 N–H and O–H groups in total. The first-order valence-electron chi connectivity index (χ1n) is 8.64. The van der Waals surface area contributed by atoms with Crippen LogP contribution < -0.4 is 5.32 Å². The van der Waals surface area contributed by atoms with Gasteiger partial charge in [-0.2, -0.15) is 0 Å². The molecule has 134 valence electrons. The van der Waals surface area contributed by atoms with Gasteiger partial charge in [0.15, 0.2) is 11.5 Å². The molecule has 1 fully saturated rings. The number of nitrogens with zero attached hydrogens (tertiary/aromatic N) is 4. The monoisotopic (exact) mass is 353 g/mol. The largest absolute Gasteiger partial charge is 0.311 e. The number of hydrogen-bond acceptors (Lipinski definition) is 4. The van der Waals surface area contributed by atoms with Gasteiger partial charge in [0.05, 0.1) is 5.52 Å². The van der Waals surface area contributed by atoms with Gasteiger partial charge in [-0.05, 0) is 44.2 Å². The van der Waals surface area contributed by atoms with Gasteiger partial charge in [0, 0.05) is 37.0 Å². The van der Waals surface area contributed by atoms with E-state index in [0.29, 0.717) is 17.6 Å². The highest BCUT2D eigenvalue weighted by atomic mass is 19.1. The zero-order valence-corrected chi connectivity index (χ0v) is 15.0. The maximum Gasteiger partial charge on any atom is 0.222 e. The molecule has 4 rings (SSSR count). The van der Waals surface area contributed by atoms with Gasteiger partial charge in [-0.15, -0.1) is 0 Å². The smallest absolute Gasteiger partial charge is 0.222 e. The molecule has 6 nitrogen and oxygen atoms in total. The number of pyridine rings is 1. The third-order valence-electron chi connectivity index (χ3n) is 4.46. The lowest BCUT2D eigenvalue weighted by molar-refractivity contribution is -0.114. The molecule has 0 unspecified atom stereocenters. The molecular formula is C19H20FN5O. The molecule has 0 aromatic carbocycles. The fourth-order valence-corrected chi connectivity index (χ4v) is 3.07. The summed E-state index contributed by atoms with van der Waals surface area (Å²) >= 11 is 0. The number of halogens is 1. The van der Waals surface area contributed by atoms with Crippen molar-refractivity contribution in [1.29, 1.82) is 0 Å². The minimum Gasteiger partial charge on any atom is -0.311 e. The van der Waals surface area contributed by atoms with E-state index < -0.39 is 5.67 Å². The zero-order chi connectivity index (χ0) is 18.5. The molecule has 0 spiro atoms. The Labute approximate surface area is 150 Å². The van der Waals surface area contributed by atoms with Crippen LogP contribution in [0.2, 0.25) is 0 Å². The second-order valence-electron chi connectivity index (χ2n) is 7.21. The van der Waals surface area contributed by atoms with E-state index in [9.17, 15) is 9.18 Å².